The molecule has 0 aromatic carbocycles. The van der Waals surface area contributed by atoms with Crippen molar-refractivity contribution in [1.82, 2.24) is 15.1 Å². The van der Waals surface area contributed by atoms with Crippen LogP contribution in [0.15, 0.2) is 6.20 Å². The molecule has 0 radical (unpaired) electrons. The Hall–Kier alpha value is -0.870. The van der Waals surface area contributed by atoms with E-state index in [0.717, 1.165) is 26.1 Å². The van der Waals surface area contributed by atoms with E-state index in [-0.39, 0.29) is 16.9 Å². The van der Waals surface area contributed by atoms with Gasteiger partial charge < -0.3 is 5.11 Å². The smallest absolute Gasteiger partial charge is 0.0700 e. The lowest BCUT2D eigenvalue weighted by Gasteiger charge is -2.42. The van der Waals surface area contributed by atoms with Crippen molar-refractivity contribution in [1.29, 1.82) is 0 Å². The molecular formula is C17H31N3O. The fourth-order valence-corrected chi connectivity index (χ4v) is 3.47. The van der Waals surface area contributed by atoms with Crippen molar-refractivity contribution in [2.45, 2.75) is 66.0 Å². The minimum absolute atomic E-state index is 0.0776. The summed E-state index contributed by atoms with van der Waals surface area (Å²) in [5.74, 6) is 0.389. The van der Waals surface area contributed by atoms with Gasteiger partial charge in [-0.05, 0) is 24.3 Å². The Balaban J connectivity index is 2.02. The summed E-state index contributed by atoms with van der Waals surface area (Å²) >= 11 is 0. The number of likely N-dealkylation sites (tertiary alicyclic amines) is 1. The van der Waals surface area contributed by atoms with Crippen LogP contribution in [0.4, 0.5) is 0 Å². The largest absolute Gasteiger partial charge is 0.391 e. The topological polar surface area (TPSA) is 52.2 Å². The highest BCUT2D eigenvalue weighted by molar-refractivity contribution is 5.23. The van der Waals surface area contributed by atoms with Gasteiger partial charge in [-0.25, -0.2) is 0 Å². The lowest BCUT2D eigenvalue weighted by molar-refractivity contribution is -0.0266. The molecule has 2 heterocycles. The van der Waals surface area contributed by atoms with Gasteiger partial charge in [0.2, 0.25) is 0 Å². The van der Waals surface area contributed by atoms with Crippen molar-refractivity contribution in [3.63, 3.8) is 0 Å². The monoisotopic (exact) mass is 293 g/mol. The number of β-amino-alcohol motifs (C(OH)–C–C–N with tert-alkyl or cyclic N) is 1. The molecule has 0 saturated carbocycles. The summed E-state index contributed by atoms with van der Waals surface area (Å²) < 4.78 is 0. The van der Waals surface area contributed by atoms with E-state index in [4.69, 9.17) is 0 Å². The highest BCUT2D eigenvalue weighted by atomic mass is 16.3. The predicted octanol–water partition coefficient (Wildman–Crippen LogP) is 2.94. The molecule has 0 spiro atoms. The zero-order chi connectivity index (χ0) is 15.8. The van der Waals surface area contributed by atoms with E-state index in [1.807, 2.05) is 6.20 Å². The highest BCUT2D eigenvalue weighted by Gasteiger charge is 2.36. The van der Waals surface area contributed by atoms with E-state index in [1.54, 1.807) is 0 Å². The van der Waals surface area contributed by atoms with Gasteiger partial charge in [0.25, 0.3) is 0 Å². The third-order valence-electron chi connectivity index (χ3n) is 4.64. The van der Waals surface area contributed by atoms with Crippen LogP contribution in [-0.4, -0.2) is 39.4 Å². The first-order valence-corrected chi connectivity index (χ1v) is 8.02. The molecular weight excluding hydrogens is 262 g/mol. The Kier molecular flexibility index (Phi) is 4.50. The molecule has 0 bridgehead atoms. The molecule has 4 nitrogen and oxygen atoms in total. The van der Waals surface area contributed by atoms with Crippen molar-refractivity contribution in [2.75, 3.05) is 13.1 Å². The van der Waals surface area contributed by atoms with Crippen LogP contribution in [0, 0.1) is 11.3 Å². The maximum absolute atomic E-state index is 10.5. The number of aliphatic hydroxyl groups is 1. The van der Waals surface area contributed by atoms with E-state index in [1.165, 1.54) is 11.3 Å². The fourth-order valence-electron chi connectivity index (χ4n) is 3.47. The normalized spacial score (nSPS) is 25.3. The maximum Gasteiger partial charge on any atom is 0.0700 e. The van der Waals surface area contributed by atoms with Gasteiger partial charge in [-0.2, -0.15) is 5.10 Å². The van der Waals surface area contributed by atoms with Crippen molar-refractivity contribution < 1.29 is 5.11 Å². The second-order valence-corrected chi connectivity index (χ2v) is 8.58. The van der Waals surface area contributed by atoms with Crippen LogP contribution >= 0.6 is 0 Å². The summed E-state index contributed by atoms with van der Waals surface area (Å²) in [5.41, 5.74) is 2.71. The number of aromatic amines is 1. The summed E-state index contributed by atoms with van der Waals surface area (Å²) in [6.45, 7) is 16.0. The van der Waals surface area contributed by atoms with Crippen LogP contribution in [0.25, 0.3) is 0 Å². The van der Waals surface area contributed by atoms with Crippen LogP contribution in [-0.2, 0) is 12.0 Å². The standard InChI is InChI=1S/C17H31N3O/c1-16(2,3)13-7-8-20(11-14(13)21)10-12-9-18-19-15(12)17(4,5)6/h9,13-14,21H,7-8,10-11H2,1-6H3,(H,18,19). The minimum Gasteiger partial charge on any atom is -0.391 e. The number of hydrogen-bond acceptors (Lipinski definition) is 3. The molecule has 2 N–H and O–H groups in total. The number of aliphatic hydroxyl groups excluding tert-OH is 1. The zero-order valence-corrected chi connectivity index (χ0v) is 14.4. The molecule has 2 atom stereocenters. The third-order valence-corrected chi connectivity index (χ3v) is 4.64. The Morgan fingerprint density at radius 3 is 2.48 bits per heavy atom. The summed E-state index contributed by atoms with van der Waals surface area (Å²) in [4.78, 5) is 2.35. The Morgan fingerprint density at radius 2 is 1.95 bits per heavy atom. The predicted molar refractivity (Wildman–Crippen MR) is 86.1 cm³/mol. The van der Waals surface area contributed by atoms with Gasteiger partial charge in [0.05, 0.1) is 12.3 Å². The Labute approximate surface area is 128 Å². The van der Waals surface area contributed by atoms with E-state index in [2.05, 4.69) is 56.6 Å². The lowest BCUT2D eigenvalue weighted by atomic mass is 9.73. The Morgan fingerprint density at radius 1 is 1.29 bits per heavy atom. The molecule has 21 heavy (non-hydrogen) atoms. The number of hydrogen-bond donors (Lipinski definition) is 2. The number of nitrogens with zero attached hydrogens (tertiary/aromatic N) is 2. The van der Waals surface area contributed by atoms with Crippen LogP contribution in [0.1, 0.15) is 59.2 Å². The minimum atomic E-state index is -0.233. The van der Waals surface area contributed by atoms with Gasteiger partial charge in [-0.3, -0.25) is 10.00 Å². The van der Waals surface area contributed by atoms with Crippen molar-refractivity contribution in [2.24, 2.45) is 11.3 Å². The second kappa shape index (κ2) is 5.73. The third kappa shape index (κ3) is 3.86. The SMILES string of the molecule is CC(C)(C)c1[nH]ncc1CN1CCC(C(C)(C)C)C(O)C1. The van der Waals surface area contributed by atoms with Crippen LogP contribution in [0.3, 0.4) is 0 Å². The van der Waals surface area contributed by atoms with Gasteiger partial charge in [0.15, 0.2) is 0 Å². The summed E-state index contributed by atoms with van der Waals surface area (Å²) in [6.07, 6.45) is 2.76. The molecule has 4 heteroatoms. The van der Waals surface area contributed by atoms with Gasteiger partial charge in [-0.15, -0.1) is 0 Å². The molecule has 120 valence electrons. The molecule has 1 aromatic heterocycles. The van der Waals surface area contributed by atoms with E-state index in [0.29, 0.717) is 5.92 Å². The Bertz CT molecular complexity index is 467. The first kappa shape index (κ1) is 16.5. The van der Waals surface area contributed by atoms with Crippen LogP contribution < -0.4 is 0 Å². The van der Waals surface area contributed by atoms with Gasteiger partial charge in [0, 0.05) is 29.8 Å². The molecule has 1 saturated heterocycles. The number of piperidine rings is 1. The zero-order valence-electron chi connectivity index (χ0n) is 14.4. The van der Waals surface area contributed by atoms with Gasteiger partial charge in [0.1, 0.15) is 0 Å². The highest BCUT2D eigenvalue weighted by Crippen LogP contribution is 2.35. The van der Waals surface area contributed by atoms with Gasteiger partial charge >= 0.3 is 0 Å². The first-order valence-electron chi connectivity index (χ1n) is 8.02. The first-order chi connectivity index (χ1) is 9.59. The summed E-state index contributed by atoms with van der Waals surface area (Å²) in [5, 5.41) is 17.8. The van der Waals surface area contributed by atoms with Crippen LogP contribution in [0.5, 0.6) is 0 Å². The van der Waals surface area contributed by atoms with Crippen molar-refractivity contribution in [3.8, 4) is 0 Å². The molecule has 2 unspecified atom stereocenters. The summed E-state index contributed by atoms with van der Waals surface area (Å²) in [6, 6.07) is 0. The molecule has 2 rings (SSSR count). The molecule has 0 aliphatic carbocycles. The quantitative estimate of drug-likeness (QED) is 0.881. The lowest BCUT2D eigenvalue weighted by Crippen LogP contribution is -2.47. The molecule has 1 aliphatic heterocycles. The van der Waals surface area contributed by atoms with E-state index >= 15 is 0 Å². The molecule has 0 amide bonds. The fraction of sp³-hybridized carbons (Fsp3) is 0.824. The summed E-state index contributed by atoms with van der Waals surface area (Å²) in [7, 11) is 0. The van der Waals surface area contributed by atoms with Gasteiger partial charge in [-0.1, -0.05) is 41.5 Å². The number of H-pyrrole nitrogens is 1. The molecule has 1 aromatic rings. The maximum atomic E-state index is 10.5. The molecule has 1 aliphatic rings. The van der Waals surface area contributed by atoms with Crippen molar-refractivity contribution >= 4 is 0 Å². The van der Waals surface area contributed by atoms with E-state index < -0.39 is 0 Å². The number of rotatable bonds is 2. The second-order valence-electron chi connectivity index (χ2n) is 8.58. The number of nitrogens with one attached hydrogen (secondary N) is 1. The van der Waals surface area contributed by atoms with Crippen LogP contribution in [0.2, 0.25) is 0 Å². The molecule has 1 fully saturated rings. The van der Waals surface area contributed by atoms with Crippen molar-refractivity contribution in [3.05, 3.63) is 17.5 Å². The average molecular weight is 293 g/mol. The van der Waals surface area contributed by atoms with E-state index in [9.17, 15) is 5.11 Å². The number of aromatic nitrogens is 2. The average Bonchev–Trinajstić information content (AvgIpc) is 2.75.